The molecule has 1 aromatic rings. The Labute approximate surface area is 167 Å². The van der Waals surface area contributed by atoms with Crippen LogP contribution in [0.2, 0.25) is 0 Å². The zero-order valence-electron chi connectivity index (χ0n) is 17.1. The highest BCUT2D eigenvalue weighted by molar-refractivity contribution is 5.97. The molecular formula is C22H32N2O4. The predicted octanol–water partition coefficient (Wildman–Crippen LogP) is 3.35. The molecule has 2 aliphatic rings. The number of nitrogens with zero attached hydrogens (tertiary/aromatic N) is 2. The summed E-state index contributed by atoms with van der Waals surface area (Å²) in [6, 6.07) is 5.22. The minimum Gasteiger partial charge on any atom is -0.497 e. The normalized spacial score (nSPS) is 18.1. The van der Waals surface area contributed by atoms with Gasteiger partial charge in [-0.25, -0.2) is 0 Å². The molecule has 0 radical (unpaired) electrons. The highest BCUT2D eigenvalue weighted by Gasteiger charge is 2.27. The molecule has 154 valence electrons. The van der Waals surface area contributed by atoms with Gasteiger partial charge in [-0.1, -0.05) is 32.1 Å². The lowest BCUT2D eigenvalue weighted by atomic mass is 9.86. The SMILES string of the molecule is COc1ccc(C(=O)N2CCN(C(=O)CCC3CCCCC3)CC2)c(OC)c1. The van der Waals surface area contributed by atoms with Crippen LogP contribution in [0.15, 0.2) is 18.2 Å². The van der Waals surface area contributed by atoms with Crippen molar-refractivity contribution in [2.45, 2.75) is 44.9 Å². The van der Waals surface area contributed by atoms with Crippen molar-refractivity contribution in [3.05, 3.63) is 23.8 Å². The Morgan fingerprint density at radius 2 is 1.64 bits per heavy atom. The second-order valence-corrected chi connectivity index (χ2v) is 7.78. The van der Waals surface area contributed by atoms with Gasteiger partial charge >= 0.3 is 0 Å². The topological polar surface area (TPSA) is 59.1 Å². The van der Waals surface area contributed by atoms with E-state index in [0.29, 0.717) is 49.7 Å². The maximum Gasteiger partial charge on any atom is 0.257 e. The molecule has 28 heavy (non-hydrogen) atoms. The lowest BCUT2D eigenvalue weighted by Gasteiger charge is -2.35. The van der Waals surface area contributed by atoms with E-state index in [2.05, 4.69) is 0 Å². The van der Waals surface area contributed by atoms with Gasteiger partial charge in [0.2, 0.25) is 5.91 Å². The van der Waals surface area contributed by atoms with Gasteiger partial charge in [0.15, 0.2) is 0 Å². The van der Waals surface area contributed by atoms with Crippen LogP contribution in [-0.4, -0.2) is 62.0 Å². The number of amides is 2. The van der Waals surface area contributed by atoms with E-state index in [0.717, 1.165) is 12.3 Å². The third kappa shape index (κ3) is 4.97. The first kappa shape index (κ1) is 20.5. The largest absolute Gasteiger partial charge is 0.497 e. The monoisotopic (exact) mass is 388 g/mol. The first-order chi connectivity index (χ1) is 13.6. The van der Waals surface area contributed by atoms with Crippen LogP contribution in [-0.2, 0) is 4.79 Å². The molecule has 3 rings (SSSR count). The Morgan fingerprint density at radius 1 is 0.964 bits per heavy atom. The van der Waals surface area contributed by atoms with Crippen molar-refractivity contribution < 1.29 is 19.1 Å². The third-order valence-electron chi connectivity index (χ3n) is 6.05. The summed E-state index contributed by atoms with van der Waals surface area (Å²) in [4.78, 5) is 29.2. The molecule has 0 atom stereocenters. The molecule has 0 unspecified atom stereocenters. The van der Waals surface area contributed by atoms with Gasteiger partial charge in [-0.05, 0) is 24.5 Å². The van der Waals surface area contributed by atoms with E-state index in [1.165, 1.54) is 32.1 Å². The van der Waals surface area contributed by atoms with Crippen molar-refractivity contribution >= 4 is 11.8 Å². The van der Waals surface area contributed by atoms with E-state index in [4.69, 9.17) is 9.47 Å². The van der Waals surface area contributed by atoms with Crippen molar-refractivity contribution in [2.24, 2.45) is 5.92 Å². The fourth-order valence-electron chi connectivity index (χ4n) is 4.27. The molecule has 1 aliphatic carbocycles. The summed E-state index contributed by atoms with van der Waals surface area (Å²) in [7, 11) is 3.13. The molecule has 2 fully saturated rings. The number of hydrogen-bond acceptors (Lipinski definition) is 4. The molecule has 0 aromatic heterocycles. The second-order valence-electron chi connectivity index (χ2n) is 7.78. The molecule has 1 heterocycles. The van der Waals surface area contributed by atoms with Gasteiger partial charge in [0.1, 0.15) is 11.5 Å². The summed E-state index contributed by atoms with van der Waals surface area (Å²) < 4.78 is 10.6. The average molecular weight is 389 g/mol. The minimum absolute atomic E-state index is 0.0613. The van der Waals surface area contributed by atoms with Gasteiger partial charge in [-0.15, -0.1) is 0 Å². The van der Waals surface area contributed by atoms with Gasteiger partial charge in [0.25, 0.3) is 5.91 Å². The molecule has 6 nitrogen and oxygen atoms in total. The smallest absolute Gasteiger partial charge is 0.257 e. The Morgan fingerprint density at radius 3 is 2.29 bits per heavy atom. The highest BCUT2D eigenvalue weighted by atomic mass is 16.5. The van der Waals surface area contributed by atoms with Crippen LogP contribution in [0.25, 0.3) is 0 Å². The van der Waals surface area contributed by atoms with Crippen molar-refractivity contribution in [3.8, 4) is 11.5 Å². The van der Waals surface area contributed by atoms with Crippen molar-refractivity contribution in [3.63, 3.8) is 0 Å². The Hall–Kier alpha value is -2.24. The molecule has 2 amide bonds. The number of hydrogen-bond donors (Lipinski definition) is 0. The lowest BCUT2D eigenvalue weighted by molar-refractivity contribution is -0.133. The minimum atomic E-state index is -0.0613. The predicted molar refractivity (Wildman–Crippen MR) is 108 cm³/mol. The van der Waals surface area contributed by atoms with E-state index in [1.807, 2.05) is 4.90 Å². The van der Waals surface area contributed by atoms with E-state index in [9.17, 15) is 9.59 Å². The van der Waals surface area contributed by atoms with Gasteiger partial charge in [-0.2, -0.15) is 0 Å². The Balaban J connectivity index is 1.50. The number of ether oxygens (including phenoxy) is 2. The van der Waals surface area contributed by atoms with Gasteiger partial charge in [-0.3, -0.25) is 9.59 Å². The van der Waals surface area contributed by atoms with Gasteiger partial charge < -0.3 is 19.3 Å². The summed E-state index contributed by atoms with van der Waals surface area (Å²) in [5, 5.41) is 0. The molecule has 0 bridgehead atoms. The summed E-state index contributed by atoms with van der Waals surface area (Å²) in [5.41, 5.74) is 0.528. The number of methoxy groups -OCH3 is 2. The van der Waals surface area contributed by atoms with E-state index in [-0.39, 0.29) is 11.8 Å². The standard InChI is InChI=1S/C22H32N2O4/c1-27-18-9-10-19(20(16-18)28-2)22(26)24-14-12-23(13-15-24)21(25)11-8-17-6-4-3-5-7-17/h9-10,16-17H,3-8,11-15H2,1-2H3. The number of carbonyl (C=O) groups is 2. The molecular weight excluding hydrogens is 356 g/mol. The number of carbonyl (C=O) groups excluding carboxylic acids is 2. The second kappa shape index (κ2) is 9.80. The van der Waals surface area contributed by atoms with Crippen molar-refractivity contribution in [1.82, 2.24) is 9.80 Å². The maximum absolute atomic E-state index is 12.9. The fourth-order valence-corrected chi connectivity index (χ4v) is 4.27. The molecule has 0 N–H and O–H groups in total. The lowest BCUT2D eigenvalue weighted by Crippen LogP contribution is -2.50. The Bertz CT molecular complexity index is 677. The van der Waals surface area contributed by atoms with Crippen LogP contribution < -0.4 is 9.47 Å². The molecule has 1 aliphatic heterocycles. The van der Waals surface area contributed by atoms with E-state index < -0.39 is 0 Å². The van der Waals surface area contributed by atoms with Crippen molar-refractivity contribution in [2.75, 3.05) is 40.4 Å². The number of piperazine rings is 1. The molecule has 1 saturated heterocycles. The highest BCUT2D eigenvalue weighted by Crippen LogP contribution is 2.28. The quantitative estimate of drug-likeness (QED) is 0.750. The van der Waals surface area contributed by atoms with Crippen molar-refractivity contribution in [1.29, 1.82) is 0 Å². The van der Waals surface area contributed by atoms with E-state index >= 15 is 0 Å². The zero-order valence-corrected chi connectivity index (χ0v) is 17.1. The third-order valence-corrected chi connectivity index (χ3v) is 6.05. The van der Waals surface area contributed by atoms with Crippen LogP contribution in [0.4, 0.5) is 0 Å². The molecule has 1 saturated carbocycles. The average Bonchev–Trinajstić information content (AvgIpc) is 2.77. The number of rotatable bonds is 6. The molecule has 1 aromatic carbocycles. The van der Waals surface area contributed by atoms with Crippen LogP contribution >= 0.6 is 0 Å². The van der Waals surface area contributed by atoms with Crippen LogP contribution in [0.1, 0.15) is 55.3 Å². The van der Waals surface area contributed by atoms with Crippen LogP contribution in [0.3, 0.4) is 0 Å². The first-order valence-corrected chi connectivity index (χ1v) is 10.4. The zero-order chi connectivity index (χ0) is 19.9. The maximum atomic E-state index is 12.9. The molecule has 6 heteroatoms. The molecule has 0 spiro atoms. The Kier molecular flexibility index (Phi) is 7.18. The van der Waals surface area contributed by atoms with Crippen LogP contribution in [0, 0.1) is 5.92 Å². The first-order valence-electron chi connectivity index (χ1n) is 10.4. The summed E-state index contributed by atoms with van der Waals surface area (Å²) >= 11 is 0. The van der Waals surface area contributed by atoms with E-state index in [1.54, 1.807) is 37.3 Å². The summed E-state index contributed by atoms with van der Waals surface area (Å²) in [6.45, 7) is 2.33. The van der Waals surface area contributed by atoms with Gasteiger partial charge in [0, 0.05) is 38.7 Å². The fraction of sp³-hybridized carbons (Fsp3) is 0.636. The van der Waals surface area contributed by atoms with Crippen LogP contribution in [0.5, 0.6) is 11.5 Å². The summed E-state index contributed by atoms with van der Waals surface area (Å²) in [6.07, 6.45) is 8.19. The van der Waals surface area contributed by atoms with Gasteiger partial charge in [0.05, 0.1) is 19.8 Å². The number of benzene rings is 1. The summed E-state index contributed by atoms with van der Waals surface area (Å²) in [5.74, 6) is 2.06.